The molecule has 4 nitrogen and oxygen atoms in total. The van der Waals surface area contributed by atoms with Crippen molar-refractivity contribution in [3.63, 3.8) is 0 Å². The number of benzene rings is 1. The molecule has 2 amide bonds. The number of nitrogens with zero attached hydrogens (tertiary/aromatic N) is 1. The number of rotatable bonds is 1. The molecule has 2 fully saturated rings. The van der Waals surface area contributed by atoms with Gasteiger partial charge in [0.2, 0.25) is 11.8 Å². The van der Waals surface area contributed by atoms with Crippen LogP contribution in [0.4, 0.5) is 5.69 Å². The lowest BCUT2D eigenvalue weighted by molar-refractivity contribution is -0.139. The lowest BCUT2D eigenvalue weighted by Crippen LogP contribution is -2.51. The van der Waals surface area contributed by atoms with Crippen LogP contribution < -0.4 is 5.32 Å². The van der Waals surface area contributed by atoms with Crippen molar-refractivity contribution in [1.29, 1.82) is 0 Å². The van der Waals surface area contributed by atoms with Crippen LogP contribution in [-0.2, 0) is 16.0 Å². The van der Waals surface area contributed by atoms with Gasteiger partial charge in [0.15, 0.2) is 0 Å². The minimum atomic E-state index is -0.311. The summed E-state index contributed by atoms with van der Waals surface area (Å²) in [4.78, 5) is 26.6. The molecule has 1 aromatic carbocycles. The van der Waals surface area contributed by atoms with E-state index in [1.54, 1.807) is 0 Å². The Kier molecular flexibility index (Phi) is 2.81. The van der Waals surface area contributed by atoms with E-state index in [1.165, 1.54) is 5.56 Å². The van der Waals surface area contributed by atoms with Crippen molar-refractivity contribution in [3.05, 3.63) is 29.8 Å². The van der Waals surface area contributed by atoms with Gasteiger partial charge in [-0.05, 0) is 43.7 Å². The molecule has 0 bridgehead atoms. The van der Waals surface area contributed by atoms with Gasteiger partial charge in [0.25, 0.3) is 0 Å². The SMILES string of the molecule is O=C(C1CC1)N1CCC2(CC1)Cc1ccccc1NC2=O. The highest BCUT2D eigenvalue weighted by Gasteiger charge is 2.46. The summed E-state index contributed by atoms with van der Waals surface area (Å²) in [5, 5.41) is 3.06. The first-order valence-electron chi connectivity index (χ1n) is 7.86. The highest BCUT2D eigenvalue weighted by molar-refractivity contribution is 5.98. The van der Waals surface area contributed by atoms with Gasteiger partial charge in [-0.15, -0.1) is 0 Å². The van der Waals surface area contributed by atoms with Gasteiger partial charge in [-0.25, -0.2) is 0 Å². The fourth-order valence-corrected chi connectivity index (χ4v) is 3.64. The number of nitrogens with one attached hydrogen (secondary N) is 1. The molecule has 1 aliphatic carbocycles. The largest absolute Gasteiger partial charge is 0.342 e. The summed E-state index contributed by atoms with van der Waals surface area (Å²) in [6.45, 7) is 1.45. The van der Waals surface area contributed by atoms with Crippen molar-refractivity contribution in [1.82, 2.24) is 4.90 Å². The van der Waals surface area contributed by atoms with E-state index in [0.717, 1.165) is 50.9 Å². The fraction of sp³-hybridized carbons (Fsp3) is 0.529. The summed E-state index contributed by atoms with van der Waals surface area (Å²) in [6.07, 6.45) is 4.47. The van der Waals surface area contributed by atoms with E-state index in [0.29, 0.717) is 5.91 Å². The number of anilines is 1. The summed E-state index contributed by atoms with van der Waals surface area (Å²) in [5.41, 5.74) is 1.86. The van der Waals surface area contributed by atoms with Gasteiger partial charge in [0.05, 0.1) is 5.41 Å². The van der Waals surface area contributed by atoms with E-state index in [2.05, 4.69) is 11.4 Å². The van der Waals surface area contributed by atoms with Crippen molar-refractivity contribution in [2.24, 2.45) is 11.3 Å². The van der Waals surface area contributed by atoms with Crippen molar-refractivity contribution in [3.8, 4) is 0 Å². The number of amides is 2. The Hall–Kier alpha value is -1.84. The first-order valence-corrected chi connectivity index (χ1v) is 7.86. The second-order valence-electron chi connectivity index (χ2n) is 6.67. The monoisotopic (exact) mass is 284 g/mol. The van der Waals surface area contributed by atoms with Crippen molar-refractivity contribution < 1.29 is 9.59 Å². The third kappa shape index (κ3) is 2.13. The Morgan fingerprint density at radius 3 is 2.62 bits per heavy atom. The number of hydrogen-bond donors (Lipinski definition) is 1. The first-order chi connectivity index (χ1) is 10.2. The molecule has 0 unspecified atom stereocenters. The van der Waals surface area contributed by atoms with Crippen molar-refractivity contribution >= 4 is 17.5 Å². The van der Waals surface area contributed by atoms with Crippen LogP contribution in [0.15, 0.2) is 24.3 Å². The predicted octanol–water partition coefficient (Wildman–Crippen LogP) is 2.20. The minimum Gasteiger partial charge on any atom is -0.342 e. The van der Waals surface area contributed by atoms with E-state index in [1.807, 2.05) is 23.1 Å². The average Bonchev–Trinajstić information content (AvgIpc) is 3.33. The van der Waals surface area contributed by atoms with E-state index in [9.17, 15) is 9.59 Å². The van der Waals surface area contributed by atoms with Gasteiger partial charge in [0.1, 0.15) is 0 Å². The molecule has 4 heteroatoms. The summed E-state index contributed by atoms with van der Waals surface area (Å²) in [5.74, 6) is 0.723. The van der Waals surface area contributed by atoms with E-state index >= 15 is 0 Å². The Morgan fingerprint density at radius 1 is 1.19 bits per heavy atom. The van der Waals surface area contributed by atoms with Crippen LogP contribution in [0.3, 0.4) is 0 Å². The second-order valence-corrected chi connectivity index (χ2v) is 6.67. The van der Waals surface area contributed by atoms with Gasteiger partial charge in [-0.2, -0.15) is 0 Å². The van der Waals surface area contributed by atoms with Gasteiger partial charge < -0.3 is 10.2 Å². The second kappa shape index (κ2) is 4.58. The zero-order valence-corrected chi connectivity index (χ0v) is 12.1. The van der Waals surface area contributed by atoms with Crippen molar-refractivity contribution in [2.45, 2.75) is 32.1 Å². The van der Waals surface area contributed by atoms with E-state index in [-0.39, 0.29) is 17.2 Å². The number of piperidine rings is 1. The lowest BCUT2D eigenvalue weighted by atomic mass is 9.71. The molecule has 2 aliphatic heterocycles. The maximum Gasteiger partial charge on any atom is 0.231 e. The Morgan fingerprint density at radius 2 is 1.90 bits per heavy atom. The average molecular weight is 284 g/mol. The van der Waals surface area contributed by atoms with Crippen LogP contribution in [0.5, 0.6) is 0 Å². The molecule has 4 rings (SSSR count). The molecule has 0 aromatic heterocycles. The minimum absolute atomic E-state index is 0.139. The van der Waals surface area contributed by atoms with Gasteiger partial charge in [-0.1, -0.05) is 18.2 Å². The first kappa shape index (κ1) is 12.9. The van der Waals surface area contributed by atoms with Crippen LogP contribution in [0, 0.1) is 11.3 Å². The zero-order chi connectivity index (χ0) is 14.4. The molecule has 1 saturated heterocycles. The van der Waals surface area contributed by atoms with Crippen molar-refractivity contribution in [2.75, 3.05) is 18.4 Å². The smallest absolute Gasteiger partial charge is 0.231 e. The Balaban J connectivity index is 1.51. The topological polar surface area (TPSA) is 49.4 Å². The van der Waals surface area contributed by atoms with Crippen LogP contribution in [0.25, 0.3) is 0 Å². The molecule has 1 N–H and O–H groups in total. The molecular formula is C17H20N2O2. The van der Waals surface area contributed by atoms with Gasteiger partial charge in [-0.3, -0.25) is 9.59 Å². The standard InChI is InChI=1S/C17H20N2O2/c20-15(12-5-6-12)19-9-7-17(8-10-19)11-13-3-1-2-4-14(13)18-16(17)21/h1-4,12H,5-11H2,(H,18,21). The van der Waals surface area contributed by atoms with Crippen LogP contribution >= 0.6 is 0 Å². The van der Waals surface area contributed by atoms with E-state index < -0.39 is 0 Å². The molecule has 2 heterocycles. The molecule has 3 aliphatic rings. The molecular weight excluding hydrogens is 264 g/mol. The summed E-state index contributed by atoms with van der Waals surface area (Å²) >= 11 is 0. The quantitative estimate of drug-likeness (QED) is 0.859. The fourth-order valence-electron chi connectivity index (χ4n) is 3.64. The Bertz CT molecular complexity index is 599. The maximum atomic E-state index is 12.5. The van der Waals surface area contributed by atoms with Crippen LogP contribution in [-0.4, -0.2) is 29.8 Å². The van der Waals surface area contributed by atoms with Gasteiger partial charge >= 0.3 is 0 Å². The summed E-state index contributed by atoms with van der Waals surface area (Å²) in [6, 6.07) is 8.04. The molecule has 110 valence electrons. The lowest BCUT2D eigenvalue weighted by Gasteiger charge is -2.43. The number of hydrogen-bond acceptors (Lipinski definition) is 2. The maximum absolute atomic E-state index is 12.5. The highest BCUT2D eigenvalue weighted by Crippen LogP contribution is 2.42. The summed E-state index contributed by atoms with van der Waals surface area (Å²) in [7, 11) is 0. The van der Waals surface area contributed by atoms with Crippen LogP contribution in [0.2, 0.25) is 0 Å². The normalized spacial score (nSPS) is 23.6. The number of carbonyl (C=O) groups is 2. The number of para-hydroxylation sites is 1. The Labute approximate surface area is 124 Å². The third-order valence-electron chi connectivity index (χ3n) is 5.23. The molecule has 0 radical (unpaired) electrons. The predicted molar refractivity (Wildman–Crippen MR) is 79.7 cm³/mol. The number of likely N-dealkylation sites (tertiary alicyclic amines) is 1. The highest BCUT2D eigenvalue weighted by atomic mass is 16.2. The molecule has 1 spiro atoms. The number of fused-ring (bicyclic) bond motifs is 1. The van der Waals surface area contributed by atoms with E-state index in [4.69, 9.17) is 0 Å². The molecule has 1 aromatic rings. The summed E-state index contributed by atoms with van der Waals surface area (Å²) < 4.78 is 0. The van der Waals surface area contributed by atoms with Crippen LogP contribution in [0.1, 0.15) is 31.2 Å². The molecule has 21 heavy (non-hydrogen) atoms. The number of carbonyl (C=O) groups excluding carboxylic acids is 2. The van der Waals surface area contributed by atoms with Gasteiger partial charge in [0, 0.05) is 24.7 Å². The molecule has 1 saturated carbocycles. The molecule has 0 atom stereocenters. The zero-order valence-electron chi connectivity index (χ0n) is 12.1. The third-order valence-corrected chi connectivity index (χ3v) is 5.23.